The van der Waals surface area contributed by atoms with E-state index in [4.69, 9.17) is 5.14 Å². The molecule has 120 valence electrons. The molecule has 0 unspecified atom stereocenters. The summed E-state index contributed by atoms with van der Waals surface area (Å²) < 4.78 is 23.0. The minimum absolute atomic E-state index is 0. The summed E-state index contributed by atoms with van der Waals surface area (Å²) in [5, 5.41) is 11.0. The Morgan fingerprint density at radius 3 is 2.38 bits per heavy atom. The summed E-state index contributed by atoms with van der Waals surface area (Å²) in [5.41, 5.74) is 1.58. The third kappa shape index (κ3) is 5.62. The lowest BCUT2D eigenvalue weighted by Gasteiger charge is -2.11. The Balaban J connectivity index is 0.00000400. The Morgan fingerprint density at radius 2 is 1.86 bits per heavy atom. The molecular formula is C13H22ClN3O3S. The SMILES string of the molecule is CCNCCNC(=O)c1cc(C)c(C)c(S(N)(=O)=O)c1.Cl. The van der Waals surface area contributed by atoms with Gasteiger partial charge in [-0.15, -0.1) is 12.4 Å². The van der Waals surface area contributed by atoms with Crippen LogP contribution in [0.2, 0.25) is 0 Å². The molecule has 21 heavy (non-hydrogen) atoms. The van der Waals surface area contributed by atoms with E-state index >= 15 is 0 Å². The third-order valence-corrected chi connectivity index (χ3v) is 4.06. The number of hydrogen-bond acceptors (Lipinski definition) is 4. The molecule has 1 rings (SSSR count). The Labute approximate surface area is 132 Å². The van der Waals surface area contributed by atoms with Gasteiger partial charge >= 0.3 is 0 Å². The number of halogens is 1. The zero-order valence-corrected chi connectivity index (χ0v) is 14.0. The number of rotatable bonds is 6. The molecule has 0 spiro atoms. The van der Waals surface area contributed by atoms with Crippen LogP contribution in [-0.4, -0.2) is 34.0 Å². The van der Waals surface area contributed by atoms with Gasteiger partial charge < -0.3 is 10.6 Å². The molecule has 8 heteroatoms. The van der Waals surface area contributed by atoms with E-state index in [2.05, 4.69) is 10.6 Å². The molecule has 1 aromatic carbocycles. The van der Waals surface area contributed by atoms with Crippen LogP contribution in [0.1, 0.15) is 28.4 Å². The van der Waals surface area contributed by atoms with E-state index in [1.165, 1.54) is 6.07 Å². The van der Waals surface area contributed by atoms with Crippen molar-refractivity contribution >= 4 is 28.3 Å². The normalized spacial score (nSPS) is 10.9. The van der Waals surface area contributed by atoms with E-state index in [0.717, 1.165) is 6.54 Å². The van der Waals surface area contributed by atoms with Gasteiger partial charge in [0.1, 0.15) is 0 Å². The molecule has 4 N–H and O–H groups in total. The smallest absolute Gasteiger partial charge is 0.251 e. The lowest BCUT2D eigenvalue weighted by molar-refractivity contribution is 0.0953. The number of hydrogen-bond donors (Lipinski definition) is 3. The molecule has 0 saturated carbocycles. The van der Waals surface area contributed by atoms with Gasteiger partial charge in [0, 0.05) is 18.7 Å². The minimum atomic E-state index is -3.83. The third-order valence-electron chi connectivity index (χ3n) is 3.03. The summed E-state index contributed by atoms with van der Waals surface area (Å²) in [6.07, 6.45) is 0. The number of primary sulfonamides is 1. The van der Waals surface area contributed by atoms with E-state index in [-0.39, 0.29) is 23.2 Å². The van der Waals surface area contributed by atoms with Gasteiger partial charge in [0.05, 0.1) is 4.90 Å². The summed E-state index contributed by atoms with van der Waals surface area (Å²) in [6, 6.07) is 2.98. The van der Waals surface area contributed by atoms with Crippen LogP contribution in [0.25, 0.3) is 0 Å². The average Bonchev–Trinajstić information content (AvgIpc) is 2.36. The topological polar surface area (TPSA) is 101 Å². The van der Waals surface area contributed by atoms with Crippen LogP contribution in [0.3, 0.4) is 0 Å². The van der Waals surface area contributed by atoms with Gasteiger partial charge in [-0.1, -0.05) is 6.92 Å². The maximum atomic E-state index is 12.0. The fraction of sp³-hybridized carbons (Fsp3) is 0.462. The van der Waals surface area contributed by atoms with Crippen molar-refractivity contribution in [2.75, 3.05) is 19.6 Å². The second-order valence-corrected chi connectivity index (χ2v) is 6.10. The fourth-order valence-electron chi connectivity index (χ4n) is 1.80. The highest BCUT2D eigenvalue weighted by Gasteiger charge is 2.17. The van der Waals surface area contributed by atoms with E-state index in [1.54, 1.807) is 19.9 Å². The molecule has 0 aliphatic heterocycles. The van der Waals surface area contributed by atoms with Crippen LogP contribution in [0, 0.1) is 13.8 Å². The number of nitrogens with one attached hydrogen (secondary N) is 2. The molecule has 0 aromatic heterocycles. The van der Waals surface area contributed by atoms with E-state index in [1.807, 2.05) is 6.92 Å². The van der Waals surface area contributed by atoms with Gasteiger partial charge in [-0.25, -0.2) is 13.6 Å². The largest absolute Gasteiger partial charge is 0.351 e. The number of carbonyl (C=O) groups is 1. The van der Waals surface area contributed by atoms with Crippen LogP contribution >= 0.6 is 12.4 Å². The number of benzene rings is 1. The molecule has 0 aliphatic carbocycles. The molecule has 6 nitrogen and oxygen atoms in total. The summed E-state index contributed by atoms with van der Waals surface area (Å²) in [5.74, 6) is -0.309. The van der Waals surface area contributed by atoms with Crippen molar-refractivity contribution in [3.05, 3.63) is 28.8 Å². The van der Waals surface area contributed by atoms with Crippen LogP contribution in [0.4, 0.5) is 0 Å². The molecule has 1 aromatic rings. The van der Waals surface area contributed by atoms with Gasteiger partial charge in [0.2, 0.25) is 10.0 Å². The van der Waals surface area contributed by atoms with Crippen molar-refractivity contribution in [1.82, 2.24) is 10.6 Å². The molecule has 0 atom stereocenters. The Bertz CT molecular complexity index is 603. The van der Waals surface area contributed by atoms with Crippen molar-refractivity contribution in [1.29, 1.82) is 0 Å². The first-order chi connectivity index (χ1) is 9.27. The Hall–Kier alpha value is -1.15. The zero-order valence-electron chi connectivity index (χ0n) is 12.4. The number of aryl methyl sites for hydroxylation is 1. The van der Waals surface area contributed by atoms with Crippen molar-refractivity contribution in [3.8, 4) is 0 Å². The summed E-state index contributed by atoms with van der Waals surface area (Å²) >= 11 is 0. The first-order valence-electron chi connectivity index (χ1n) is 6.40. The fourth-order valence-corrected chi connectivity index (χ4v) is 2.68. The van der Waals surface area contributed by atoms with E-state index < -0.39 is 10.0 Å². The van der Waals surface area contributed by atoms with Crippen LogP contribution in [0.5, 0.6) is 0 Å². The standard InChI is InChI=1S/C13H21N3O3S.ClH/c1-4-15-5-6-16-13(17)11-7-9(2)10(3)12(8-11)20(14,18)19;/h7-8,15H,4-6H2,1-3H3,(H,16,17)(H2,14,18,19);1H. The van der Waals surface area contributed by atoms with Crippen LogP contribution < -0.4 is 15.8 Å². The van der Waals surface area contributed by atoms with Crippen LogP contribution in [0.15, 0.2) is 17.0 Å². The predicted molar refractivity (Wildman–Crippen MR) is 85.4 cm³/mol. The van der Waals surface area contributed by atoms with Crippen molar-refractivity contribution < 1.29 is 13.2 Å². The highest BCUT2D eigenvalue weighted by atomic mass is 35.5. The highest BCUT2D eigenvalue weighted by Crippen LogP contribution is 2.19. The van der Waals surface area contributed by atoms with Crippen LogP contribution in [-0.2, 0) is 10.0 Å². The molecule has 0 fully saturated rings. The molecule has 0 heterocycles. The lowest BCUT2D eigenvalue weighted by atomic mass is 10.1. The molecule has 0 saturated heterocycles. The first-order valence-corrected chi connectivity index (χ1v) is 7.95. The van der Waals surface area contributed by atoms with Gasteiger partial charge in [-0.2, -0.15) is 0 Å². The van der Waals surface area contributed by atoms with E-state index in [0.29, 0.717) is 29.8 Å². The molecule has 1 amide bonds. The number of amides is 1. The van der Waals surface area contributed by atoms with Crippen molar-refractivity contribution in [2.24, 2.45) is 5.14 Å². The quantitative estimate of drug-likeness (QED) is 0.666. The number of nitrogens with two attached hydrogens (primary N) is 1. The van der Waals surface area contributed by atoms with Gasteiger partial charge in [-0.3, -0.25) is 4.79 Å². The number of sulfonamides is 1. The number of carbonyl (C=O) groups excluding carboxylic acids is 1. The number of likely N-dealkylation sites (N-methyl/N-ethyl adjacent to an activating group) is 1. The minimum Gasteiger partial charge on any atom is -0.351 e. The van der Waals surface area contributed by atoms with Crippen molar-refractivity contribution in [3.63, 3.8) is 0 Å². The average molecular weight is 336 g/mol. The van der Waals surface area contributed by atoms with E-state index in [9.17, 15) is 13.2 Å². The predicted octanol–water partition coefficient (Wildman–Crippen LogP) is 0.712. The van der Waals surface area contributed by atoms with Gasteiger partial charge in [0.25, 0.3) is 5.91 Å². The molecular weight excluding hydrogens is 314 g/mol. The maximum absolute atomic E-state index is 12.0. The molecule has 0 radical (unpaired) electrons. The monoisotopic (exact) mass is 335 g/mol. The summed E-state index contributed by atoms with van der Waals surface area (Å²) in [4.78, 5) is 12.0. The highest BCUT2D eigenvalue weighted by molar-refractivity contribution is 7.89. The second kappa shape index (κ2) is 8.33. The summed E-state index contributed by atoms with van der Waals surface area (Å²) in [7, 11) is -3.83. The lowest BCUT2D eigenvalue weighted by Crippen LogP contribution is -2.32. The molecule has 0 bridgehead atoms. The maximum Gasteiger partial charge on any atom is 0.251 e. The second-order valence-electron chi connectivity index (χ2n) is 4.57. The zero-order chi connectivity index (χ0) is 15.3. The van der Waals surface area contributed by atoms with Gasteiger partial charge in [-0.05, 0) is 43.7 Å². The first kappa shape index (κ1) is 19.9. The Kier molecular flexibility index (Phi) is 7.87. The molecule has 0 aliphatic rings. The van der Waals surface area contributed by atoms with Crippen molar-refractivity contribution in [2.45, 2.75) is 25.7 Å². The van der Waals surface area contributed by atoms with Gasteiger partial charge in [0.15, 0.2) is 0 Å². The summed E-state index contributed by atoms with van der Waals surface area (Å²) in [6.45, 7) is 7.36. The Morgan fingerprint density at radius 1 is 1.24 bits per heavy atom.